The van der Waals surface area contributed by atoms with Gasteiger partial charge in [-0.3, -0.25) is 4.79 Å². The van der Waals surface area contributed by atoms with Gasteiger partial charge in [0.15, 0.2) is 0 Å². The summed E-state index contributed by atoms with van der Waals surface area (Å²) in [5, 5.41) is 11.5. The lowest BCUT2D eigenvalue weighted by Gasteiger charge is -2.14. The molecule has 1 atom stereocenters. The molecule has 0 aliphatic heterocycles. The molecule has 1 amide bonds. The Morgan fingerprint density at radius 1 is 1.36 bits per heavy atom. The molecule has 0 saturated carbocycles. The van der Waals surface area contributed by atoms with Gasteiger partial charge in [-0.05, 0) is 12.5 Å². The second-order valence-electron chi connectivity index (χ2n) is 4.81. The summed E-state index contributed by atoms with van der Waals surface area (Å²) in [6.45, 7) is 1.91. The van der Waals surface area contributed by atoms with Crippen LogP contribution in [0.4, 0.5) is 4.79 Å². The monoisotopic (exact) mass is 303 g/mol. The Balaban J connectivity index is 1.94. The number of carboxylic acid groups (broad SMARTS) is 1. The average Bonchev–Trinajstić information content (AvgIpc) is 2.92. The van der Waals surface area contributed by atoms with Gasteiger partial charge >= 0.3 is 12.1 Å². The standard InChI is InChI=1S/C15H17N3O4/c1-10-8-16-14(17-10)12(7-13(19)20)18-15(21)22-9-11-5-3-2-4-6-11/h2-6,8,12H,7,9H2,1H3,(H,16,17)(H,18,21)(H,19,20)/t12-/m1/s1. The highest BCUT2D eigenvalue weighted by molar-refractivity contribution is 5.71. The van der Waals surface area contributed by atoms with Crippen molar-refractivity contribution in [3.63, 3.8) is 0 Å². The van der Waals surface area contributed by atoms with Crippen LogP contribution in [0.3, 0.4) is 0 Å². The Bertz CT molecular complexity index is 639. The van der Waals surface area contributed by atoms with Gasteiger partial charge in [0.05, 0.1) is 6.42 Å². The molecule has 0 bridgehead atoms. The van der Waals surface area contributed by atoms with Crippen molar-refractivity contribution in [3.8, 4) is 0 Å². The van der Waals surface area contributed by atoms with E-state index in [1.165, 1.54) is 0 Å². The van der Waals surface area contributed by atoms with Crippen LogP contribution in [0.1, 0.15) is 29.5 Å². The number of hydrogen-bond acceptors (Lipinski definition) is 4. The molecule has 1 aromatic carbocycles. The fraction of sp³-hybridized carbons (Fsp3) is 0.267. The maximum atomic E-state index is 11.8. The lowest BCUT2D eigenvalue weighted by Crippen LogP contribution is -2.31. The Labute approximate surface area is 127 Å². The third-order valence-corrected chi connectivity index (χ3v) is 2.94. The summed E-state index contributed by atoms with van der Waals surface area (Å²) in [5.41, 5.74) is 1.63. The van der Waals surface area contributed by atoms with Crippen LogP contribution in [-0.4, -0.2) is 27.1 Å². The van der Waals surface area contributed by atoms with E-state index in [1.54, 1.807) is 13.1 Å². The van der Waals surface area contributed by atoms with Crippen LogP contribution in [0.5, 0.6) is 0 Å². The minimum Gasteiger partial charge on any atom is -0.481 e. The summed E-state index contributed by atoms with van der Waals surface area (Å²) < 4.78 is 5.08. The molecule has 0 unspecified atom stereocenters. The van der Waals surface area contributed by atoms with Crippen molar-refractivity contribution in [1.29, 1.82) is 0 Å². The smallest absolute Gasteiger partial charge is 0.408 e. The molecule has 0 fully saturated rings. The highest BCUT2D eigenvalue weighted by Crippen LogP contribution is 2.14. The molecule has 2 rings (SSSR count). The Morgan fingerprint density at radius 3 is 2.68 bits per heavy atom. The van der Waals surface area contributed by atoms with Gasteiger partial charge in [0.2, 0.25) is 0 Å². The first-order valence-electron chi connectivity index (χ1n) is 6.75. The van der Waals surface area contributed by atoms with E-state index in [2.05, 4.69) is 15.3 Å². The number of amides is 1. The average molecular weight is 303 g/mol. The number of imidazole rings is 1. The second kappa shape index (κ2) is 7.26. The minimum absolute atomic E-state index is 0.115. The lowest BCUT2D eigenvalue weighted by molar-refractivity contribution is -0.137. The summed E-state index contributed by atoms with van der Waals surface area (Å²) >= 11 is 0. The zero-order chi connectivity index (χ0) is 15.9. The normalized spacial score (nSPS) is 11.7. The molecule has 2 aromatic rings. The Hall–Kier alpha value is -2.83. The van der Waals surface area contributed by atoms with Gasteiger partial charge < -0.3 is 20.1 Å². The number of benzene rings is 1. The molecule has 3 N–H and O–H groups in total. The number of hydrogen-bond donors (Lipinski definition) is 3. The molecule has 0 aliphatic rings. The number of aliphatic carboxylic acids is 1. The molecule has 0 spiro atoms. The zero-order valence-electron chi connectivity index (χ0n) is 12.1. The van der Waals surface area contributed by atoms with Gasteiger partial charge in [0.1, 0.15) is 18.5 Å². The largest absolute Gasteiger partial charge is 0.481 e. The number of carbonyl (C=O) groups excluding carboxylic acids is 1. The van der Waals surface area contributed by atoms with E-state index in [0.717, 1.165) is 11.3 Å². The number of carboxylic acids is 1. The summed E-state index contributed by atoms with van der Waals surface area (Å²) in [6, 6.07) is 8.45. The number of rotatable bonds is 6. The first kappa shape index (κ1) is 15.6. The van der Waals surface area contributed by atoms with E-state index in [4.69, 9.17) is 9.84 Å². The number of aromatic amines is 1. The van der Waals surface area contributed by atoms with Crippen LogP contribution in [-0.2, 0) is 16.1 Å². The predicted octanol–water partition coefficient (Wildman–Crippen LogP) is 2.16. The summed E-state index contributed by atoms with van der Waals surface area (Å²) in [4.78, 5) is 29.7. The number of alkyl carbamates (subject to hydrolysis) is 1. The molecule has 1 heterocycles. The number of aromatic nitrogens is 2. The second-order valence-corrected chi connectivity index (χ2v) is 4.81. The lowest BCUT2D eigenvalue weighted by atomic mass is 10.2. The van der Waals surface area contributed by atoms with E-state index < -0.39 is 18.1 Å². The Morgan fingerprint density at radius 2 is 2.09 bits per heavy atom. The van der Waals surface area contributed by atoms with Crippen LogP contribution >= 0.6 is 0 Å². The van der Waals surface area contributed by atoms with E-state index in [1.807, 2.05) is 30.3 Å². The zero-order valence-corrected chi connectivity index (χ0v) is 12.1. The number of H-pyrrole nitrogens is 1. The van der Waals surface area contributed by atoms with Crippen molar-refractivity contribution in [3.05, 3.63) is 53.6 Å². The number of carbonyl (C=O) groups is 2. The molecule has 7 heteroatoms. The van der Waals surface area contributed by atoms with E-state index in [-0.39, 0.29) is 13.0 Å². The van der Waals surface area contributed by atoms with Crippen LogP contribution in [0, 0.1) is 6.92 Å². The van der Waals surface area contributed by atoms with Gasteiger partial charge in [-0.15, -0.1) is 0 Å². The molecule has 0 saturated heterocycles. The maximum absolute atomic E-state index is 11.8. The van der Waals surface area contributed by atoms with Crippen LogP contribution in [0.25, 0.3) is 0 Å². The van der Waals surface area contributed by atoms with Gasteiger partial charge in [-0.1, -0.05) is 30.3 Å². The van der Waals surface area contributed by atoms with E-state index >= 15 is 0 Å². The number of ether oxygens (including phenoxy) is 1. The molecule has 1 aromatic heterocycles. The van der Waals surface area contributed by atoms with Crippen molar-refractivity contribution >= 4 is 12.1 Å². The van der Waals surface area contributed by atoms with Crippen LogP contribution in [0.15, 0.2) is 36.5 Å². The van der Waals surface area contributed by atoms with Crippen molar-refractivity contribution in [1.82, 2.24) is 15.3 Å². The topological polar surface area (TPSA) is 104 Å². The van der Waals surface area contributed by atoms with Crippen LogP contribution < -0.4 is 5.32 Å². The highest BCUT2D eigenvalue weighted by atomic mass is 16.5. The third kappa shape index (κ3) is 4.62. The summed E-state index contributed by atoms with van der Waals surface area (Å²) in [7, 11) is 0. The summed E-state index contributed by atoms with van der Waals surface area (Å²) in [6.07, 6.45) is 0.596. The van der Waals surface area contributed by atoms with Gasteiger partial charge in [0, 0.05) is 11.9 Å². The first-order valence-corrected chi connectivity index (χ1v) is 6.75. The van der Waals surface area contributed by atoms with Gasteiger partial charge in [-0.2, -0.15) is 0 Å². The molecular formula is C15H17N3O4. The van der Waals surface area contributed by atoms with Crippen molar-refractivity contribution in [2.24, 2.45) is 0 Å². The quantitative estimate of drug-likeness (QED) is 0.758. The van der Waals surface area contributed by atoms with Gasteiger partial charge in [-0.25, -0.2) is 9.78 Å². The molecule has 0 aliphatic carbocycles. The van der Waals surface area contributed by atoms with E-state index in [0.29, 0.717) is 5.82 Å². The highest BCUT2D eigenvalue weighted by Gasteiger charge is 2.21. The SMILES string of the molecule is Cc1cnc([C@@H](CC(=O)O)NC(=O)OCc2ccccc2)[nH]1. The third-order valence-electron chi connectivity index (χ3n) is 2.94. The molecule has 22 heavy (non-hydrogen) atoms. The molecular weight excluding hydrogens is 286 g/mol. The fourth-order valence-electron chi connectivity index (χ4n) is 1.91. The molecule has 116 valence electrons. The molecule has 7 nitrogen and oxygen atoms in total. The fourth-order valence-corrected chi connectivity index (χ4v) is 1.91. The van der Waals surface area contributed by atoms with Crippen molar-refractivity contribution in [2.45, 2.75) is 26.0 Å². The maximum Gasteiger partial charge on any atom is 0.408 e. The number of aryl methyl sites for hydroxylation is 1. The number of nitrogens with zero attached hydrogens (tertiary/aromatic N) is 1. The Kier molecular flexibility index (Phi) is 5.13. The van der Waals surface area contributed by atoms with E-state index in [9.17, 15) is 9.59 Å². The number of nitrogens with one attached hydrogen (secondary N) is 2. The van der Waals surface area contributed by atoms with Crippen molar-refractivity contribution in [2.75, 3.05) is 0 Å². The van der Waals surface area contributed by atoms with Gasteiger partial charge in [0.25, 0.3) is 0 Å². The van der Waals surface area contributed by atoms with Crippen LogP contribution in [0.2, 0.25) is 0 Å². The van der Waals surface area contributed by atoms with Crippen molar-refractivity contribution < 1.29 is 19.4 Å². The summed E-state index contributed by atoms with van der Waals surface area (Å²) in [5.74, 6) is -0.654. The molecule has 0 radical (unpaired) electrons. The first-order chi connectivity index (χ1) is 10.5. The minimum atomic E-state index is -1.04. The predicted molar refractivity (Wildman–Crippen MR) is 78.1 cm³/mol.